The van der Waals surface area contributed by atoms with E-state index in [0.29, 0.717) is 6.54 Å². The van der Waals surface area contributed by atoms with Gasteiger partial charge in [-0.2, -0.15) is 8.78 Å². The van der Waals surface area contributed by atoms with Crippen molar-refractivity contribution >= 4 is 6.08 Å². The van der Waals surface area contributed by atoms with Gasteiger partial charge in [0.1, 0.15) is 0 Å². The second-order valence-corrected chi connectivity index (χ2v) is 4.27. The molecule has 0 unspecified atom stereocenters. The molecular weight excluding hydrogens is 274 g/mol. The molecule has 20 heavy (non-hydrogen) atoms. The van der Waals surface area contributed by atoms with Gasteiger partial charge in [0.15, 0.2) is 17.4 Å². The predicted octanol–water partition coefficient (Wildman–Crippen LogP) is 2.19. The smallest absolute Gasteiger partial charge is 0.204 e. The van der Waals surface area contributed by atoms with Gasteiger partial charge in [-0.05, 0) is 26.0 Å². The van der Waals surface area contributed by atoms with Crippen LogP contribution in [0.1, 0.15) is 19.4 Å². The summed E-state index contributed by atoms with van der Waals surface area (Å²) in [5, 5.41) is 0. The Bertz CT molecular complexity index is 469. The molecule has 0 aliphatic carbocycles. The maximum atomic E-state index is 13.7. The number of hydrogen-bond acceptors (Lipinski definition) is 1. The third-order valence-electron chi connectivity index (χ3n) is 3.15. The molecule has 0 saturated heterocycles. The summed E-state index contributed by atoms with van der Waals surface area (Å²) in [6.07, 6.45) is 2.55. The molecule has 0 fully saturated rings. The lowest BCUT2D eigenvalue weighted by molar-refractivity contribution is -0.890. The fourth-order valence-electron chi connectivity index (χ4n) is 1.84. The minimum absolute atomic E-state index is 0.515. The molecule has 1 aromatic carbocycles. The first-order chi connectivity index (χ1) is 9.47. The Balaban J connectivity index is 3.11. The van der Waals surface area contributed by atoms with Gasteiger partial charge in [0.05, 0.1) is 32.3 Å². The van der Waals surface area contributed by atoms with Crippen LogP contribution in [0.2, 0.25) is 0 Å². The number of halogens is 4. The van der Waals surface area contributed by atoms with Crippen molar-refractivity contribution in [2.45, 2.75) is 13.8 Å². The first-order valence-corrected chi connectivity index (χ1v) is 6.37. The van der Waals surface area contributed by atoms with Crippen LogP contribution >= 0.6 is 0 Å². The summed E-state index contributed by atoms with van der Waals surface area (Å²) in [5.74, 6) is -7.01. The Morgan fingerprint density at radius 2 is 1.45 bits per heavy atom. The van der Waals surface area contributed by atoms with Crippen molar-refractivity contribution in [3.8, 4) is 5.75 Å². The summed E-state index contributed by atoms with van der Waals surface area (Å²) < 4.78 is 58.6. The van der Waals surface area contributed by atoms with Crippen LogP contribution in [-0.2, 0) is 0 Å². The van der Waals surface area contributed by atoms with E-state index in [4.69, 9.17) is 0 Å². The van der Waals surface area contributed by atoms with E-state index < -0.39 is 34.6 Å². The van der Waals surface area contributed by atoms with E-state index in [2.05, 4.69) is 4.74 Å². The fraction of sp³-hybridized carbons (Fsp3) is 0.429. The first-order valence-electron chi connectivity index (χ1n) is 6.37. The van der Waals surface area contributed by atoms with Gasteiger partial charge in [-0.25, -0.2) is 8.78 Å². The summed E-state index contributed by atoms with van der Waals surface area (Å²) in [4.78, 5) is 1.18. The third kappa shape index (κ3) is 3.30. The quantitative estimate of drug-likeness (QED) is 0.627. The van der Waals surface area contributed by atoms with Crippen LogP contribution in [0, 0.1) is 23.3 Å². The molecule has 6 heteroatoms. The molecule has 0 atom stereocenters. The monoisotopic (exact) mass is 292 g/mol. The summed E-state index contributed by atoms with van der Waals surface area (Å²) >= 11 is 0. The van der Waals surface area contributed by atoms with Crippen LogP contribution in [0.4, 0.5) is 17.6 Å². The van der Waals surface area contributed by atoms with Gasteiger partial charge in [-0.15, -0.1) is 0 Å². The molecule has 0 aliphatic rings. The molecular formula is C14H18F4NO+. The van der Waals surface area contributed by atoms with Crippen LogP contribution in [0.3, 0.4) is 0 Å². The lowest BCUT2D eigenvalue weighted by Gasteiger charge is -2.12. The molecule has 0 bridgehead atoms. The fourth-order valence-corrected chi connectivity index (χ4v) is 1.84. The van der Waals surface area contributed by atoms with E-state index in [1.54, 1.807) is 0 Å². The maximum absolute atomic E-state index is 13.7. The summed E-state index contributed by atoms with van der Waals surface area (Å²) in [6.45, 7) is 6.15. The van der Waals surface area contributed by atoms with Gasteiger partial charge in [0, 0.05) is 0 Å². The number of likely N-dealkylation sites (N-methyl/N-ethyl adjacent to an activating group) is 1. The normalized spacial score (nSPS) is 11.6. The Morgan fingerprint density at radius 3 is 1.85 bits per heavy atom. The van der Waals surface area contributed by atoms with E-state index in [1.165, 1.54) is 11.0 Å². The van der Waals surface area contributed by atoms with Crippen LogP contribution in [0.25, 0.3) is 6.08 Å². The minimum Gasteiger partial charge on any atom is -0.491 e. The van der Waals surface area contributed by atoms with E-state index in [9.17, 15) is 17.6 Å². The Hall–Kier alpha value is -1.56. The topological polar surface area (TPSA) is 13.7 Å². The molecule has 0 spiro atoms. The minimum atomic E-state index is -1.53. The highest BCUT2D eigenvalue weighted by Crippen LogP contribution is 2.30. The number of quaternary nitrogens is 1. The molecule has 0 amide bonds. The van der Waals surface area contributed by atoms with E-state index >= 15 is 0 Å². The number of methoxy groups -OCH3 is 1. The van der Waals surface area contributed by atoms with Crippen molar-refractivity contribution in [1.29, 1.82) is 0 Å². The van der Waals surface area contributed by atoms with Crippen LogP contribution in [0.15, 0.2) is 6.08 Å². The molecule has 112 valence electrons. The molecule has 0 radical (unpaired) electrons. The molecule has 0 heterocycles. The van der Waals surface area contributed by atoms with Gasteiger partial charge in [0.2, 0.25) is 11.6 Å². The van der Waals surface area contributed by atoms with Crippen molar-refractivity contribution in [3.05, 3.63) is 34.9 Å². The van der Waals surface area contributed by atoms with E-state index in [0.717, 1.165) is 26.3 Å². The van der Waals surface area contributed by atoms with Gasteiger partial charge in [-0.3, -0.25) is 0 Å². The van der Waals surface area contributed by atoms with E-state index in [-0.39, 0.29) is 0 Å². The third-order valence-corrected chi connectivity index (χ3v) is 3.15. The number of rotatable bonds is 6. The summed E-state index contributed by atoms with van der Waals surface area (Å²) in [6, 6.07) is 0. The second-order valence-electron chi connectivity index (χ2n) is 4.27. The Morgan fingerprint density at radius 1 is 0.950 bits per heavy atom. The van der Waals surface area contributed by atoms with Crippen LogP contribution < -0.4 is 9.64 Å². The first kappa shape index (κ1) is 16.5. The summed E-state index contributed by atoms with van der Waals surface area (Å²) in [7, 11) is 0.944. The lowest BCUT2D eigenvalue weighted by Crippen LogP contribution is -3.11. The zero-order valence-electron chi connectivity index (χ0n) is 11.7. The Labute approximate surface area is 115 Å². The second kappa shape index (κ2) is 7.28. The number of hydrogen-bond donors (Lipinski definition) is 1. The lowest BCUT2D eigenvalue weighted by atomic mass is 10.1. The SMILES string of the molecule is CC[NH+](CC)C/C=C/c1c(F)c(F)c(OC)c(F)c1F. The van der Waals surface area contributed by atoms with Crippen molar-refractivity contribution in [1.82, 2.24) is 0 Å². The Kier molecular flexibility index (Phi) is 6.01. The van der Waals surface area contributed by atoms with Crippen LogP contribution in [0.5, 0.6) is 5.75 Å². The molecule has 1 aromatic rings. The standard InChI is InChI=1S/C14H17F4NO/c1-4-19(5-2)8-6-7-9-10(15)12(17)14(20-3)13(18)11(9)16/h6-7H,4-5,8H2,1-3H3/p+1/b7-6+. The largest absolute Gasteiger partial charge is 0.491 e. The molecule has 0 saturated carbocycles. The van der Waals surface area contributed by atoms with Gasteiger partial charge < -0.3 is 9.64 Å². The predicted molar refractivity (Wildman–Crippen MR) is 68.8 cm³/mol. The van der Waals surface area contributed by atoms with Crippen molar-refractivity contribution in [3.63, 3.8) is 0 Å². The zero-order chi connectivity index (χ0) is 15.3. The average molecular weight is 292 g/mol. The molecule has 1 N–H and O–H groups in total. The molecule has 0 aromatic heterocycles. The van der Waals surface area contributed by atoms with Crippen LogP contribution in [-0.4, -0.2) is 26.7 Å². The zero-order valence-corrected chi connectivity index (χ0v) is 11.7. The van der Waals surface area contributed by atoms with Gasteiger partial charge in [-0.1, -0.05) is 0 Å². The van der Waals surface area contributed by atoms with Crippen molar-refractivity contribution in [2.24, 2.45) is 0 Å². The summed E-state index contributed by atoms with van der Waals surface area (Å²) in [5.41, 5.74) is -0.729. The van der Waals surface area contributed by atoms with Gasteiger partial charge in [0.25, 0.3) is 0 Å². The number of ether oxygens (including phenoxy) is 1. The molecule has 2 nitrogen and oxygen atoms in total. The highest BCUT2D eigenvalue weighted by molar-refractivity contribution is 5.53. The van der Waals surface area contributed by atoms with E-state index in [1.807, 2.05) is 13.8 Å². The molecule has 0 aliphatic heterocycles. The maximum Gasteiger partial charge on any atom is 0.204 e. The highest BCUT2D eigenvalue weighted by Gasteiger charge is 2.24. The highest BCUT2D eigenvalue weighted by atomic mass is 19.2. The van der Waals surface area contributed by atoms with Crippen molar-refractivity contribution in [2.75, 3.05) is 26.7 Å². The number of nitrogens with one attached hydrogen (secondary N) is 1. The average Bonchev–Trinajstić information content (AvgIpc) is 2.45. The number of benzene rings is 1. The van der Waals surface area contributed by atoms with Gasteiger partial charge >= 0.3 is 0 Å². The molecule has 1 rings (SSSR count). The van der Waals surface area contributed by atoms with Crippen molar-refractivity contribution < 1.29 is 27.2 Å².